The van der Waals surface area contributed by atoms with Gasteiger partial charge in [0, 0.05) is 6.92 Å². The van der Waals surface area contributed by atoms with Crippen molar-refractivity contribution in [2.24, 2.45) is 0 Å². The number of carboxylic acid groups (broad SMARTS) is 1. The first-order valence-corrected chi connectivity index (χ1v) is 10.9. The lowest BCUT2D eigenvalue weighted by Crippen LogP contribution is -2.33. The fourth-order valence-electron chi connectivity index (χ4n) is 3.45. The van der Waals surface area contributed by atoms with Gasteiger partial charge in [-0.25, -0.2) is 9.59 Å². The second-order valence-electron chi connectivity index (χ2n) is 7.43. The molecule has 0 aliphatic heterocycles. The van der Waals surface area contributed by atoms with Crippen LogP contribution in [0.25, 0.3) is 0 Å². The monoisotopic (exact) mass is 470 g/mol. The summed E-state index contributed by atoms with van der Waals surface area (Å²) < 4.78 is 4.87. The summed E-state index contributed by atoms with van der Waals surface area (Å²) >= 11 is 0. The maximum absolute atomic E-state index is 11.4. The molecule has 0 fully saturated rings. The molecule has 0 aromatic heterocycles. The van der Waals surface area contributed by atoms with E-state index in [1.165, 1.54) is 6.92 Å². The molecule has 178 valence electrons. The van der Waals surface area contributed by atoms with Crippen LogP contribution >= 0.6 is 0 Å². The number of para-hydroxylation sites is 1. The van der Waals surface area contributed by atoms with Crippen LogP contribution in [0.3, 0.4) is 0 Å². The smallest absolute Gasteiger partial charge is 0.341 e. The largest absolute Gasteiger partial charge is 0.482 e. The van der Waals surface area contributed by atoms with Crippen LogP contribution in [0.4, 0.5) is 0 Å². The van der Waals surface area contributed by atoms with E-state index in [9.17, 15) is 9.59 Å². The third-order valence-electron chi connectivity index (χ3n) is 4.93. The van der Waals surface area contributed by atoms with E-state index in [2.05, 4.69) is 0 Å². The van der Waals surface area contributed by atoms with Gasteiger partial charge >= 0.3 is 11.9 Å². The van der Waals surface area contributed by atoms with Crippen LogP contribution in [0, 0.1) is 0 Å². The van der Waals surface area contributed by atoms with E-state index in [4.69, 9.17) is 19.6 Å². The minimum Gasteiger partial charge on any atom is -0.482 e. The van der Waals surface area contributed by atoms with Gasteiger partial charge in [0.1, 0.15) is 5.75 Å². The molecule has 6 nitrogen and oxygen atoms in total. The summed E-state index contributed by atoms with van der Waals surface area (Å²) in [7, 11) is 0. The molecule has 0 saturated heterocycles. The van der Waals surface area contributed by atoms with Crippen molar-refractivity contribution >= 4 is 11.9 Å². The van der Waals surface area contributed by atoms with Crippen LogP contribution in [0.1, 0.15) is 23.6 Å². The van der Waals surface area contributed by atoms with Crippen molar-refractivity contribution in [3.63, 3.8) is 0 Å². The molecule has 0 bridgehead atoms. The number of benzene rings is 4. The molecule has 0 aliphatic carbocycles. The minimum atomic E-state index is -1.03. The Kier molecular flexibility index (Phi) is 9.16. The van der Waals surface area contributed by atoms with Crippen LogP contribution in [0.2, 0.25) is 0 Å². The summed E-state index contributed by atoms with van der Waals surface area (Å²) in [4.78, 5) is 32.3. The molecule has 4 aromatic carbocycles. The molecule has 0 saturated carbocycles. The standard InChI is InChI=1S/C21H18O3.C8H8O3/c1-17(22)23-24-21(18-11-5-2-6-12-18,19-13-7-3-8-14-19)20-15-9-4-10-16-20;9-8(10)6-11-7-4-2-1-3-5-7/h2-16H,1H3;1-5H,6H2,(H,9,10). The van der Waals surface area contributed by atoms with Gasteiger partial charge in [-0.15, -0.1) is 0 Å². The number of hydrogen-bond acceptors (Lipinski definition) is 5. The Hall–Kier alpha value is -4.42. The first kappa shape index (κ1) is 25.2. The molecule has 35 heavy (non-hydrogen) atoms. The minimum absolute atomic E-state index is 0.288. The number of carbonyl (C=O) groups excluding carboxylic acids is 1. The van der Waals surface area contributed by atoms with E-state index in [1.54, 1.807) is 24.3 Å². The molecule has 0 heterocycles. The molecule has 0 amide bonds. The number of aliphatic carboxylic acids is 1. The molecule has 4 rings (SSSR count). The number of ether oxygens (including phenoxy) is 1. The number of hydrogen-bond donors (Lipinski definition) is 1. The summed E-state index contributed by atoms with van der Waals surface area (Å²) in [6.45, 7) is 1.04. The van der Waals surface area contributed by atoms with Crippen molar-refractivity contribution in [2.75, 3.05) is 6.61 Å². The lowest BCUT2D eigenvalue weighted by Gasteiger charge is -2.33. The van der Waals surface area contributed by atoms with E-state index in [1.807, 2.05) is 97.1 Å². The predicted molar refractivity (Wildman–Crippen MR) is 132 cm³/mol. The van der Waals surface area contributed by atoms with Crippen LogP contribution in [0.15, 0.2) is 121 Å². The Labute approximate surface area is 204 Å². The number of carbonyl (C=O) groups is 2. The van der Waals surface area contributed by atoms with Gasteiger partial charge in [-0.2, -0.15) is 4.89 Å². The quantitative estimate of drug-likeness (QED) is 0.204. The molecule has 4 aromatic rings. The van der Waals surface area contributed by atoms with Gasteiger partial charge in [-0.05, 0) is 28.8 Å². The summed E-state index contributed by atoms with van der Waals surface area (Å²) in [5.41, 5.74) is 1.60. The van der Waals surface area contributed by atoms with Crippen molar-refractivity contribution in [2.45, 2.75) is 12.5 Å². The van der Waals surface area contributed by atoms with Crippen molar-refractivity contribution in [3.8, 4) is 5.75 Å². The number of carboxylic acids is 1. The Balaban J connectivity index is 0.000000261. The average molecular weight is 471 g/mol. The highest BCUT2D eigenvalue weighted by molar-refractivity contribution is 5.68. The van der Waals surface area contributed by atoms with Gasteiger partial charge < -0.3 is 9.84 Å². The topological polar surface area (TPSA) is 82.1 Å². The maximum Gasteiger partial charge on any atom is 0.341 e. The predicted octanol–water partition coefficient (Wildman–Crippen LogP) is 5.62. The average Bonchev–Trinajstić information content (AvgIpc) is 2.91. The Bertz CT molecular complexity index is 1080. The van der Waals surface area contributed by atoms with E-state index >= 15 is 0 Å². The highest BCUT2D eigenvalue weighted by Crippen LogP contribution is 2.40. The van der Waals surface area contributed by atoms with Crippen LogP contribution in [-0.4, -0.2) is 23.7 Å². The highest BCUT2D eigenvalue weighted by Gasteiger charge is 2.40. The van der Waals surface area contributed by atoms with E-state index in [-0.39, 0.29) is 6.61 Å². The maximum atomic E-state index is 11.4. The van der Waals surface area contributed by atoms with Gasteiger partial charge in [-0.1, -0.05) is 109 Å². The zero-order valence-electron chi connectivity index (χ0n) is 19.2. The zero-order chi connectivity index (χ0) is 24.9. The number of rotatable bonds is 8. The Morgan fingerprint density at radius 3 is 1.37 bits per heavy atom. The summed E-state index contributed by atoms with van der Waals surface area (Å²) in [5.74, 6) is -0.883. The molecule has 0 spiro atoms. The summed E-state index contributed by atoms with van der Waals surface area (Å²) in [6.07, 6.45) is 0. The first-order valence-electron chi connectivity index (χ1n) is 10.9. The molecular weight excluding hydrogens is 444 g/mol. The van der Waals surface area contributed by atoms with Crippen LogP contribution < -0.4 is 4.74 Å². The lowest BCUT2D eigenvalue weighted by atomic mass is 9.80. The fourth-order valence-corrected chi connectivity index (χ4v) is 3.45. The second kappa shape index (κ2) is 12.7. The van der Waals surface area contributed by atoms with E-state index in [0.29, 0.717) is 5.75 Å². The molecule has 0 radical (unpaired) electrons. The molecular formula is C29H26O6. The molecule has 1 N–H and O–H groups in total. The van der Waals surface area contributed by atoms with E-state index < -0.39 is 17.5 Å². The first-order chi connectivity index (χ1) is 17.0. The lowest BCUT2D eigenvalue weighted by molar-refractivity contribution is -0.315. The Morgan fingerprint density at radius 2 is 1.03 bits per heavy atom. The van der Waals surface area contributed by atoms with Gasteiger partial charge in [0.25, 0.3) is 0 Å². The zero-order valence-corrected chi connectivity index (χ0v) is 19.2. The SMILES string of the molecule is CC(=O)OOC(c1ccccc1)(c1ccccc1)c1ccccc1.O=C(O)COc1ccccc1. The summed E-state index contributed by atoms with van der Waals surface area (Å²) in [6, 6.07) is 38.1. The van der Waals surface area contributed by atoms with Gasteiger partial charge in [0.15, 0.2) is 12.2 Å². The van der Waals surface area contributed by atoms with Gasteiger partial charge in [-0.3, -0.25) is 4.89 Å². The fraction of sp³-hybridized carbons (Fsp3) is 0.103. The normalized spacial score (nSPS) is 10.4. The molecule has 0 unspecified atom stereocenters. The molecule has 0 aliphatic rings. The highest BCUT2D eigenvalue weighted by atomic mass is 17.2. The second-order valence-corrected chi connectivity index (χ2v) is 7.43. The van der Waals surface area contributed by atoms with Gasteiger partial charge in [0.05, 0.1) is 0 Å². The molecule has 0 atom stereocenters. The third-order valence-corrected chi connectivity index (χ3v) is 4.93. The van der Waals surface area contributed by atoms with Crippen molar-refractivity contribution < 1.29 is 29.2 Å². The van der Waals surface area contributed by atoms with Crippen molar-refractivity contribution in [3.05, 3.63) is 138 Å². The van der Waals surface area contributed by atoms with E-state index in [0.717, 1.165) is 16.7 Å². The third kappa shape index (κ3) is 7.03. The van der Waals surface area contributed by atoms with Crippen LogP contribution in [-0.2, 0) is 25.0 Å². The van der Waals surface area contributed by atoms with Gasteiger partial charge in [0.2, 0.25) is 0 Å². The van der Waals surface area contributed by atoms with Crippen molar-refractivity contribution in [1.82, 2.24) is 0 Å². The summed E-state index contributed by atoms with van der Waals surface area (Å²) in [5, 5.41) is 8.25. The Morgan fingerprint density at radius 1 is 0.657 bits per heavy atom. The molecule has 6 heteroatoms. The van der Waals surface area contributed by atoms with Crippen molar-refractivity contribution in [1.29, 1.82) is 0 Å². The van der Waals surface area contributed by atoms with Crippen LogP contribution in [0.5, 0.6) is 5.75 Å².